The second-order valence-electron chi connectivity index (χ2n) is 4.31. The Kier molecular flexibility index (Phi) is 9.09. The van der Waals surface area contributed by atoms with Gasteiger partial charge < -0.3 is 14.8 Å². The lowest BCUT2D eigenvalue weighted by Gasteiger charge is -2.08. The van der Waals surface area contributed by atoms with Gasteiger partial charge in [0, 0.05) is 44.6 Å². The molecule has 0 amide bonds. The first-order chi connectivity index (χ1) is 9.81. The van der Waals surface area contributed by atoms with Crippen LogP contribution in [0.1, 0.15) is 17.5 Å². The largest absolute Gasteiger partial charge is 0.385 e. The lowest BCUT2D eigenvalue weighted by Crippen LogP contribution is -2.18. The van der Waals surface area contributed by atoms with Crippen LogP contribution in [0.25, 0.3) is 0 Å². The Balaban J connectivity index is 2.50. The number of nitriles is 1. The molecule has 0 heterocycles. The van der Waals surface area contributed by atoms with E-state index in [0.717, 1.165) is 47.9 Å². The summed E-state index contributed by atoms with van der Waals surface area (Å²) in [7, 11) is 3.39. The molecule has 1 N–H and O–H groups in total. The fourth-order valence-electron chi connectivity index (χ4n) is 1.69. The minimum absolute atomic E-state index is 0.693. The van der Waals surface area contributed by atoms with E-state index < -0.39 is 0 Å². The molecule has 4 nitrogen and oxygen atoms in total. The summed E-state index contributed by atoms with van der Waals surface area (Å²) in [4.78, 5) is 1.05. The van der Waals surface area contributed by atoms with Crippen LogP contribution >= 0.6 is 11.8 Å². The van der Waals surface area contributed by atoms with Crippen molar-refractivity contribution in [2.75, 3.05) is 39.7 Å². The van der Waals surface area contributed by atoms with Crippen LogP contribution in [0.4, 0.5) is 0 Å². The molecule has 20 heavy (non-hydrogen) atoms. The summed E-state index contributed by atoms with van der Waals surface area (Å²) in [6.45, 7) is 3.02. The first-order valence-corrected chi connectivity index (χ1v) is 7.64. The maximum atomic E-state index is 9.23. The Morgan fingerprint density at radius 2 is 2.05 bits per heavy atom. The minimum atomic E-state index is 0.693. The van der Waals surface area contributed by atoms with Gasteiger partial charge in [0.05, 0.1) is 12.2 Å². The summed E-state index contributed by atoms with van der Waals surface area (Å²) < 4.78 is 10.0. The van der Waals surface area contributed by atoms with Crippen molar-refractivity contribution in [2.45, 2.75) is 17.9 Å². The standard InChI is InChI=1S/C15H22N2O2S/c1-18-7-3-9-20-15-5-4-13(10-14(15)11-16)12-17-6-8-19-2/h4-5,10,17H,3,6-9,12H2,1-2H3. The summed E-state index contributed by atoms with van der Waals surface area (Å²) in [5, 5.41) is 12.5. The molecule has 0 radical (unpaired) electrons. The van der Waals surface area contributed by atoms with E-state index in [9.17, 15) is 5.26 Å². The van der Waals surface area contributed by atoms with Crippen LogP contribution < -0.4 is 5.32 Å². The van der Waals surface area contributed by atoms with Gasteiger partial charge in [-0.2, -0.15) is 5.26 Å². The SMILES string of the molecule is COCCCSc1ccc(CNCCOC)cc1C#N. The average molecular weight is 294 g/mol. The van der Waals surface area contributed by atoms with Gasteiger partial charge in [0.2, 0.25) is 0 Å². The minimum Gasteiger partial charge on any atom is -0.385 e. The van der Waals surface area contributed by atoms with E-state index in [0.29, 0.717) is 6.61 Å². The van der Waals surface area contributed by atoms with Gasteiger partial charge >= 0.3 is 0 Å². The summed E-state index contributed by atoms with van der Waals surface area (Å²) in [5.74, 6) is 0.966. The third kappa shape index (κ3) is 6.40. The van der Waals surface area contributed by atoms with Gasteiger partial charge in [-0.15, -0.1) is 11.8 Å². The molecule has 0 bridgehead atoms. The Labute approximate surface area is 125 Å². The maximum absolute atomic E-state index is 9.23. The number of methoxy groups -OCH3 is 2. The summed E-state index contributed by atoms with van der Waals surface area (Å²) >= 11 is 1.71. The average Bonchev–Trinajstić information content (AvgIpc) is 2.49. The fraction of sp³-hybridized carbons (Fsp3) is 0.533. The second kappa shape index (κ2) is 10.7. The summed E-state index contributed by atoms with van der Waals surface area (Å²) in [6, 6.07) is 8.33. The van der Waals surface area contributed by atoms with E-state index in [4.69, 9.17) is 9.47 Å². The van der Waals surface area contributed by atoms with Gasteiger partial charge in [-0.25, -0.2) is 0 Å². The van der Waals surface area contributed by atoms with Crippen LogP contribution in [0, 0.1) is 11.3 Å². The van der Waals surface area contributed by atoms with Crippen molar-refractivity contribution in [2.24, 2.45) is 0 Å². The van der Waals surface area contributed by atoms with E-state index in [2.05, 4.69) is 17.5 Å². The second-order valence-corrected chi connectivity index (χ2v) is 5.44. The Bertz CT molecular complexity index is 432. The lowest BCUT2D eigenvalue weighted by atomic mass is 10.1. The van der Waals surface area contributed by atoms with Crippen molar-refractivity contribution >= 4 is 11.8 Å². The lowest BCUT2D eigenvalue weighted by molar-refractivity contribution is 0.199. The molecule has 0 aromatic heterocycles. The Morgan fingerprint density at radius 3 is 2.75 bits per heavy atom. The highest BCUT2D eigenvalue weighted by atomic mass is 32.2. The monoisotopic (exact) mass is 294 g/mol. The third-order valence-electron chi connectivity index (χ3n) is 2.73. The zero-order valence-corrected chi connectivity index (χ0v) is 13.0. The van der Waals surface area contributed by atoms with Crippen LogP contribution in [0.15, 0.2) is 23.1 Å². The van der Waals surface area contributed by atoms with E-state index in [1.165, 1.54) is 0 Å². The highest BCUT2D eigenvalue weighted by molar-refractivity contribution is 7.99. The predicted molar refractivity (Wildman–Crippen MR) is 82.0 cm³/mol. The number of ether oxygens (including phenoxy) is 2. The first kappa shape index (κ1) is 17.0. The van der Waals surface area contributed by atoms with E-state index >= 15 is 0 Å². The van der Waals surface area contributed by atoms with Gasteiger partial charge in [0.25, 0.3) is 0 Å². The quantitative estimate of drug-likeness (QED) is 0.530. The zero-order chi connectivity index (χ0) is 14.6. The number of hydrogen-bond donors (Lipinski definition) is 1. The number of thioether (sulfide) groups is 1. The molecule has 0 aliphatic rings. The maximum Gasteiger partial charge on any atom is 0.100 e. The Morgan fingerprint density at radius 1 is 1.25 bits per heavy atom. The Hall–Kier alpha value is -1.06. The molecular weight excluding hydrogens is 272 g/mol. The van der Waals surface area contributed by atoms with E-state index in [-0.39, 0.29) is 0 Å². The molecule has 1 aromatic rings. The molecule has 5 heteroatoms. The first-order valence-electron chi connectivity index (χ1n) is 6.66. The topological polar surface area (TPSA) is 54.3 Å². The smallest absolute Gasteiger partial charge is 0.100 e. The number of benzene rings is 1. The highest BCUT2D eigenvalue weighted by Crippen LogP contribution is 2.24. The van der Waals surface area contributed by atoms with Crippen molar-refractivity contribution in [3.8, 4) is 6.07 Å². The molecule has 1 aromatic carbocycles. The third-order valence-corrected chi connectivity index (χ3v) is 3.89. The van der Waals surface area contributed by atoms with Crippen molar-refractivity contribution in [1.29, 1.82) is 5.26 Å². The highest BCUT2D eigenvalue weighted by Gasteiger charge is 2.04. The van der Waals surface area contributed by atoms with Crippen LogP contribution in [-0.2, 0) is 16.0 Å². The molecule has 0 spiro atoms. The molecule has 0 aliphatic carbocycles. The van der Waals surface area contributed by atoms with E-state index in [1.54, 1.807) is 26.0 Å². The normalized spacial score (nSPS) is 10.4. The molecule has 0 fully saturated rings. The zero-order valence-electron chi connectivity index (χ0n) is 12.1. The molecular formula is C15H22N2O2S. The molecule has 0 saturated heterocycles. The summed E-state index contributed by atoms with van der Waals surface area (Å²) in [6.07, 6.45) is 0.992. The fourth-order valence-corrected chi connectivity index (χ4v) is 2.60. The molecule has 0 unspecified atom stereocenters. The number of nitrogens with zero attached hydrogens (tertiary/aromatic N) is 1. The number of nitrogens with one attached hydrogen (secondary N) is 1. The van der Waals surface area contributed by atoms with Crippen molar-refractivity contribution in [3.05, 3.63) is 29.3 Å². The molecule has 0 atom stereocenters. The number of rotatable bonds is 10. The van der Waals surface area contributed by atoms with Gasteiger partial charge in [-0.3, -0.25) is 0 Å². The van der Waals surface area contributed by atoms with Crippen LogP contribution in [0.5, 0.6) is 0 Å². The van der Waals surface area contributed by atoms with Gasteiger partial charge in [-0.1, -0.05) is 6.07 Å². The van der Waals surface area contributed by atoms with Crippen molar-refractivity contribution in [1.82, 2.24) is 5.32 Å². The van der Waals surface area contributed by atoms with Crippen LogP contribution in [0.3, 0.4) is 0 Å². The molecule has 0 aliphatic heterocycles. The van der Waals surface area contributed by atoms with Crippen molar-refractivity contribution < 1.29 is 9.47 Å². The predicted octanol–water partition coefficient (Wildman–Crippen LogP) is 2.42. The van der Waals surface area contributed by atoms with Crippen LogP contribution in [0.2, 0.25) is 0 Å². The van der Waals surface area contributed by atoms with Gasteiger partial charge in [-0.05, 0) is 24.1 Å². The number of hydrogen-bond acceptors (Lipinski definition) is 5. The van der Waals surface area contributed by atoms with Gasteiger partial charge in [0.15, 0.2) is 0 Å². The molecule has 110 valence electrons. The van der Waals surface area contributed by atoms with E-state index in [1.807, 2.05) is 12.1 Å². The van der Waals surface area contributed by atoms with Crippen molar-refractivity contribution in [3.63, 3.8) is 0 Å². The molecule has 0 saturated carbocycles. The van der Waals surface area contributed by atoms with Gasteiger partial charge in [0.1, 0.15) is 6.07 Å². The summed E-state index contributed by atoms with van der Waals surface area (Å²) in [5.41, 5.74) is 1.87. The van der Waals surface area contributed by atoms with Crippen LogP contribution in [-0.4, -0.2) is 39.7 Å². The molecule has 1 rings (SSSR count).